The van der Waals surface area contributed by atoms with E-state index >= 15 is 0 Å². The number of carboxylic acid groups (broad SMARTS) is 30. The Morgan fingerprint density at radius 3 is 0.129 bits per heavy atom. The van der Waals surface area contributed by atoms with Crippen molar-refractivity contribution in [2.45, 2.75) is 0 Å². The average molecular weight is 978 g/mol. The molecule has 0 spiro atoms. The SMILES string of the molecule is O=C(O)O.O=C(O)O.O=C(O)O.O=C(O)O.O=C(O)O.O=C(O)O.O=C(O)O.O=C(O)O.O=C(O)O.O=C(O)O.O=C(O)O.O=C(O)O.O=C(O)O.O=C(O)O.O=C(O)O.[H-].[H-].[Na+].[Na+]. The molecule has 0 radical (unpaired) electrons. The van der Waals surface area contributed by atoms with Crippen LogP contribution in [0.1, 0.15) is 2.85 Å². The van der Waals surface area contributed by atoms with Crippen LogP contribution in [0.25, 0.3) is 0 Å². The Labute approximate surface area is 378 Å². The van der Waals surface area contributed by atoms with Crippen LogP contribution in [-0.2, 0) is 0 Å². The summed E-state index contributed by atoms with van der Waals surface area (Å²) in [7, 11) is 0. The first kappa shape index (κ1) is 111. The van der Waals surface area contributed by atoms with E-state index in [0.717, 1.165) is 0 Å². The molecule has 62 heavy (non-hydrogen) atoms. The summed E-state index contributed by atoms with van der Waals surface area (Å²) in [5.41, 5.74) is 0. The number of rotatable bonds is 0. The Kier molecular flexibility index (Phi) is 186. The van der Waals surface area contributed by atoms with E-state index < -0.39 is 92.3 Å². The summed E-state index contributed by atoms with van der Waals surface area (Å²) >= 11 is 0. The van der Waals surface area contributed by atoms with Gasteiger partial charge in [0.25, 0.3) is 0 Å². The monoisotopic (exact) mass is 978 g/mol. The molecule has 0 amide bonds. The molecule has 0 aromatic rings. The summed E-state index contributed by atoms with van der Waals surface area (Å²) in [6.07, 6.45) is -27.5. The molecule has 0 aliphatic carbocycles. The van der Waals surface area contributed by atoms with Crippen molar-refractivity contribution in [3.05, 3.63) is 0 Å². The van der Waals surface area contributed by atoms with E-state index in [1.165, 1.54) is 0 Å². The van der Waals surface area contributed by atoms with E-state index in [9.17, 15) is 0 Å². The van der Waals surface area contributed by atoms with Gasteiger partial charge in [-0.15, -0.1) is 0 Å². The van der Waals surface area contributed by atoms with Crippen LogP contribution in [0.2, 0.25) is 0 Å². The van der Waals surface area contributed by atoms with E-state index in [1.54, 1.807) is 0 Å². The number of carbonyl (C=O) groups is 15. The molecule has 0 unspecified atom stereocenters. The summed E-state index contributed by atoms with van der Waals surface area (Å²) in [5, 5.41) is 209. The van der Waals surface area contributed by atoms with Crippen LogP contribution in [0.5, 0.6) is 0 Å². The maximum Gasteiger partial charge on any atom is 1.00 e. The maximum absolute atomic E-state index is 8.56. The Morgan fingerprint density at radius 2 is 0.129 bits per heavy atom. The summed E-state index contributed by atoms with van der Waals surface area (Å²) in [6, 6.07) is 0. The van der Waals surface area contributed by atoms with Crippen LogP contribution in [0.4, 0.5) is 71.9 Å². The van der Waals surface area contributed by atoms with Gasteiger partial charge in [-0.25, -0.2) is 71.9 Å². The van der Waals surface area contributed by atoms with Crippen molar-refractivity contribution >= 4 is 92.3 Å². The van der Waals surface area contributed by atoms with Gasteiger partial charge in [-0.1, -0.05) is 0 Å². The van der Waals surface area contributed by atoms with E-state index in [2.05, 4.69) is 0 Å². The topological polar surface area (TPSA) is 863 Å². The second kappa shape index (κ2) is 104. The van der Waals surface area contributed by atoms with Gasteiger partial charge in [-0.3, -0.25) is 0 Å². The van der Waals surface area contributed by atoms with Gasteiger partial charge < -0.3 is 156 Å². The fraction of sp³-hybridized carbons (Fsp3) is 0. The van der Waals surface area contributed by atoms with Crippen LogP contribution in [-0.4, -0.2) is 246 Å². The number of hydrogen-bond acceptors (Lipinski definition) is 15. The molecule has 0 aliphatic heterocycles. The fourth-order valence-electron chi connectivity index (χ4n) is 0. The molecular formula is C15H32Na2O45. The minimum Gasteiger partial charge on any atom is -1.00 e. The summed E-state index contributed by atoms with van der Waals surface area (Å²) in [6.45, 7) is 0. The second-order valence-electron chi connectivity index (χ2n) is 4.24. The molecule has 0 aromatic heterocycles. The van der Waals surface area contributed by atoms with Crippen molar-refractivity contribution in [2.24, 2.45) is 0 Å². The quantitative estimate of drug-likeness (QED) is 0.112. The van der Waals surface area contributed by atoms with Gasteiger partial charge in [0.05, 0.1) is 0 Å². The average Bonchev–Trinajstić information content (AvgIpc) is 2.78. The van der Waals surface area contributed by atoms with Gasteiger partial charge in [0.15, 0.2) is 0 Å². The maximum atomic E-state index is 8.56. The van der Waals surface area contributed by atoms with Crippen molar-refractivity contribution in [2.75, 3.05) is 0 Å². The minimum absolute atomic E-state index is 0. The molecule has 0 aromatic carbocycles. The zero-order valence-corrected chi connectivity index (χ0v) is 33.0. The first-order valence-corrected chi connectivity index (χ1v) is 9.77. The molecular weight excluding hydrogens is 946 g/mol. The summed E-state index contributed by atoms with van der Waals surface area (Å²) < 4.78 is 0. The van der Waals surface area contributed by atoms with E-state index in [-0.39, 0.29) is 62.0 Å². The van der Waals surface area contributed by atoms with Crippen molar-refractivity contribution in [1.82, 2.24) is 0 Å². The smallest absolute Gasteiger partial charge is 1.00 e. The standard InChI is InChI=1S/15CH2O3.2Na.2H/c15*2-1(3)4;;;;/h15*(H2,2,3,4);;;;/q;;;;;;;;;;;;;;;2*+1;2*-1. The fourth-order valence-corrected chi connectivity index (χ4v) is 0. The van der Waals surface area contributed by atoms with Crippen LogP contribution in [0.15, 0.2) is 0 Å². The zero-order valence-electron chi connectivity index (χ0n) is 31.0. The molecule has 0 fully saturated rings. The summed E-state index contributed by atoms with van der Waals surface area (Å²) in [5.74, 6) is 0. The number of hydrogen-bond donors (Lipinski definition) is 30. The summed E-state index contributed by atoms with van der Waals surface area (Å²) in [4.78, 5) is 128. The molecule has 0 saturated heterocycles. The van der Waals surface area contributed by atoms with Gasteiger partial charge in [-0.2, -0.15) is 0 Å². The predicted octanol–water partition coefficient (Wildman–Crippen LogP) is -2.43. The molecule has 0 rings (SSSR count). The minimum atomic E-state index is -1.83. The van der Waals surface area contributed by atoms with Crippen molar-refractivity contribution in [3.63, 3.8) is 0 Å². The zero-order chi connectivity index (χ0) is 53.7. The Hall–Kier alpha value is -8.95. The van der Waals surface area contributed by atoms with Crippen LogP contribution in [0, 0.1) is 0 Å². The van der Waals surface area contributed by atoms with Crippen LogP contribution < -0.4 is 59.1 Å². The molecule has 0 saturated carbocycles. The largest absolute Gasteiger partial charge is 1.00 e. The third-order valence-electron chi connectivity index (χ3n) is 0. The second-order valence-corrected chi connectivity index (χ2v) is 4.24. The van der Waals surface area contributed by atoms with Crippen LogP contribution in [0.3, 0.4) is 0 Å². The first-order valence-electron chi connectivity index (χ1n) is 9.77. The van der Waals surface area contributed by atoms with E-state index in [0.29, 0.717) is 0 Å². The van der Waals surface area contributed by atoms with Crippen molar-refractivity contribution in [3.8, 4) is 0 Å². The van der Waals surface area contributed by atoms with Gasteiger partial charge in [0.1, 0.15) is 0 Å². The normalized spacial score (nSPS) is 5.81. The molecule has 0 heterocycles. The molecule has 30 N–H and O–H groups in total. The molecule has 364 valence electrons. The predicted molar refractivity (Wildman–Crippen MR) is 162 cm³/mol. The molecule has 45 nitrogen and oxygen atoms in total. The van der Waals surface area contributed by atoms with Crippen molar-refractivity contribution in [1.29, 1.82) is 0 Å². The van der Waals surface area contributed by atoms with Gasteiger partial charge in [0, 0.05) is 0 Å². The van der Waals surface area contributed by atoms with Crippen molar-refractivity contribution < 1.29 is 287 Å². The van der Waals surface area contributed by atoms with Gasteiger partial charge >= 0.3 is 151 Å². The molecule has 0 bridgehead atoms. The Morgan fingerprint density at radius 1 is 0.129 bits per heavy atom. The van der Waals surface area contributed by atoms with Crippen LogP contribution >= 0.6 is 0 Å². The van der Waals surface area contributed by atoms with Gasteiger partial charge in [-0.05, 0) is 0 Å². The molecule has 47 heteroatoms. The Balaban J connectivity index is -0.0000000199. The van der Waals surface area contributed by atoms with Gasteiger partial charge in [0.2, 0.25) is 0 Å². The molecule has 0 aliphatic rings. The molecule has 0 atom stereocenters. The van der Waals surface area contributed by atoms with E-state index in [4.69, 9.17) is 225 Å². The Bertz CT molecular complexity index is 771. The van der Waals surface area contributed by atoms with E-state index in [1.807, 2.05) is 0 Å². The first-order chi connectivity index (χ1) is 26.0. The third-order valence-corrected chi connectivity index (χ3v) is 0. The third kappa shape index (κ3) is 1600.